The van der Waals surface area contributed by atoms with Gasteiger partial charge in [-0.05, 0) is 19.1 Å². The molecule has 1 spiro atoms. The second-order valence-electron chi connectivity index (χ2n) is 6.48. The van der Waals surface area contributed by atoms with E-state index in [4.69, 9.17) is 0 Å². The first kappa shape index (κ1) is 15.8. The normalized spacial score (nSPS) is 24.8. The van der Waals surface area contributed by atoms with Gasteiger partial charge in [0.05, 0.1) is 0 Å². The first-order valence-corrected chi connectivity index (χ1v) is 8.21. The van der Waals surface area contributed by atoms with E-state index in [1.165, 1.54) is 0 Å². The quantitative estimate of drug-likeness (QED) is 0.866. The Labute approximate surface area is 136 Å². The predicted octanol–water partition coefficient (Wildman–Crippen LogP) is 1.36. The molecule has 2 saturated heterocycles. The average molecular weight is 316 g/mol. The Morgan fingerprint density at radius 3 is 2.78 bits per heavy atom. The van der Waals surface area contributed by atoms with E-state index in [1.807, 2.05) is 47.1 Å². The van der Waals surface area contributed by atoms with Gasteiger partial charge in [-0.15, -0.1) is 0 Å². The molecule has 23 heavy (non-hydrogen) atoms. The van der Waals surface area contributed by atoms with Crippen LogP contribution in [0.15, 0.2) is 30.3 Å². The highest BCUT2D eigenvalue weighted by Crippen LogP contribution is 2.33. The molecule has 6 nitrogen and oxygen atoms in total. The molecule has 1 aromatic rings. The molecule has 0 unspecified atom stereocenters. The van der Waals surface area contributed by atoms with Crippen molar-refractivity contribution < 1.29 is 9.59 Å². The third-order valence-corrected chi connectivity index (χ3v) is 4.68. The monoisotopic (exact) mass is 316 g/mol. The summed E-state index contributed by atoms with van der Waals surface area (Å²) in [6.07, 6.45) is 0.517. The molecule has 2 aliphatic heterocycles. The van der Waals surface area contributed by atoms with E-state index in [0.717, 1.165) is 31.9 Å². The van der Waals surface area contributed by atoms with Crippen molar-refractivity contribution in [3.63, 3.8) is 0 Å². The van der Waals surface area contributed by atoms with Crippen molar-refractivity contribution in [3.8, 4) is 0 Å². The van der Waals surface area contributed by atoms with Gasteiger partial charge in [-0.1, -0.05) is 18.2 Å². The van der Waals surface area contributed by atoms with Crippen molar-refractivity contribution >= 4 is 17.6 Å². The smallest absolute Gasteiger partial charge is 0.321 e. The standard InChI is InChI=1S/C17H24N4O2/c1-2-20-12-17(10-15(20)22)11-18-8-9-21(13-17)16(23)19-14-6-4-3-5-7-14/h3-7,18H,2,8-13H2,1H3,(H,19,23)/t17-/m1/s1. The summed E-state index contributed by atoms with van der Waals surface area (Å²) in [7, 11) is 0. The van der Waals surface area contributed by atoms with Crippen LogP contribution in [0.25, 0.3) is 0 Å². The van der Waals surface area contributed by atoms with E-state index in [1.54, 1.807) is 0 Å². The van der Waals surface area contributed by atoms with Crippen molar-refractivity contribution in [2.45, 2.75) is 13.3 Å². The zero-order chi connectivity index (χ0) is 16.3. The summed E-state index contributed by atoms with van der Waals surface area (Å²) in [6, 6.07) is 9.38. The number of para-hydroxylation sites is 1. The molecule has 0 radical (unpaired) electrons. The number of likely N-dealkylation sites (tertiary alicyclic amines) is 1. The van der Waals surface area contributed by atoms with Gasteiger partial charge in [0.15, 0.2) is 0 Å². The molecule has 2 heterocycles. The molecule has 124 valence electrons. The minimum Gasteiger partial charge on any atom is -0.342 e. The van der Waals surface area contributed by atoms with Crippen LogP contribution in [0.4, 0.5) is 10.5 Å². The fourth-order valence-corrected chi connectivity index (χ4v) is 3.50. The molecule has 0 aromatic heterocycles. The lowest BCUT2D eigenvalue weighted by Crippen LogP contribution is -2.45. The summed E-state index contributed by atoms with van der Waals surface area (Å²) in [5, 5.41) is 6.34. The minimum absolute atomic E-state index is 0.0957. The first-order valence-electron chi connectivity index (χ1n) is 8.21. The number of nitrogens with zero attached hydrogens (tertiary/aromatic N) is 2. The number of hydrogen-bond acceptors (Lipinski definition) is 3. The van der Waals surface area contributed by atoms with Crippen LogP contribution in [0.2, 0.25) is 0 Å². The van der Waals surface area contributed by atoms with Crippen molar-refractivity contribution in [1.29, 1.82) is 0 Å². The zero-order valence-electron chi connectivity index (χ0n) is 13.5. The maximum absolute atomic E-state index is 12.6. The van der Waals surface area contributed by atoms with Gasteiger partial charge < -0.3 is 20.4 Å². The second kappa shape index (κ2) is 6.58. The summed E-state index contributed by atoms with van der Waals surface area (Å²) in [5.41, 5.74) is 0.624. The average Bonchev–Trinajstić information content (AvgIpc) is 2.73. The van der Waals surface area contributed by atoms with Crippen LogP contribution in [0, 0.1) is 5.41 Å². The number of benzene rings is 1. The molecule has 2 aliphatic rings. The van der Waals surface area contributed by atoms with E-state index < -0.39 is 0 Å². The predicted molar refractivity (Wildman–Crippen MR) is 89.2 cm³/mol. The summed E-state index contributed by atoms with van der Waals surface area (Å²) in [6.45, 7) is 6.26. The molecule has 0 bridgehead atoms. The molecular weight excluding hydrogens is 292 g/mol. The van der Waals surface area contributed by atoms with Crippen molar-refractivity contribution in [1.82, 2.24) is 15.1 Å². The Morgan fingerprint density at radius 1 is 1.30 bits per heavy atom. The Morgan fingerprint density at radius 2 is 2.09 bits per heavy atom. The van der Waals surface area contributed by atoms with E-state index in [9.17, 15) is 9.59 Å². The van der Waals surface area contributed by atoms with Gasteiger partial charge in [-0.2, -0.15) is 0 Å². The van der Waals surface area contributed by atoms with E-state index in [2.05, 4.69) is 10.6 Å². The third-order valence-electron chi connectivity index (χ3n) is 4.68. The van der Waals surface area contributed by atoms with Crippen molar-refractivity contribution in [2.24, 2.45) is 5.41 Å². The van der Waals surface area contributed by atoms with E-state index >= 15 is 0 Å². The van der Waals surface area contributed by atoms with Gasteiger partial charge in [-0.25, -0.2) is 4.79 Å². The number of hydrogen-bond donors (Lipinski definition) is 2. The molecule has 1 aromatic carbocycles. The number of nitrogens with one attached hydrogen (secondary N) is 2. The van der Waals surface area contributed by atoms with Gasteiger partial charge in [0.1, 0.15) is 0 Å². The molecule has 2 fully saturated rings. The Hall–Kier alpha value is -2.08. The lowest BCUT2D eigenvalue weighted by atomic mass is 9.86. The molecule has 3 rings (SSSR count). The topological polar surface area (TPSA) is 64.7 Å². The summed E-state index contributed by atoms with van der Waals surface area (Å²) in [5.74, 6) is 0.194. The van der Waals surface area contributed by atoms with Crippen LogP contribution in [0.5, 0.6) is 0 Å². The summed E-state index contributed by atoms with van der Waals surface area (Å²) < 4.78 is 0. The number of urea groups is 1. The number of carbonyl (C=O) groups excluding carboxylic acids is 2. The molecule has 2 N–H and O–H groups in total. The van der Waals surface area contributed by atoms with Crippen LogP contribution in [0.1, 0.15) is 13.3 Å². The van der Waals surface area contributed by atoms with Crippen molar-refractivity contribution in [2.75, 3.05) is 44.6 Å². The van der Waals surface area contributed by atoms with Crippen molar-refractivity contribution in [3.05, 3.63) is 30.3 Å². The maximum Gasteiger partial charge on any atom is 0.321 e. The van der Waals surface area contributed by atoms with E-state index in [-0.39, 0.29) is 17.4 Å². The first-order chi connectivity index (χ1) is 11.1. The molecule has 3 amide bonds. The number of rotatable bonds is 2. The van der Waals surface area contributed by atoms with Crippen LogP contribution in [-0.2, 0) is 4.79 Å². The summed E-state index contributed by atoms with van der Waals surface area (Å²) >= 11 is 0. The summed E-state index contributed by atoms with van der Waals surface area (Å²) in [4.78, 5) is 28.4. The zero-order valence-corrected chi connectivity index (χ0v) is 13.5. The lowest BCUT2D eigenvalue weighted by Gasteiger charge is -2.31. The molecule has 1 atom stereocenters. The van der Waals surface area contributed by atoms with E-state index in [0.29, 0.717) is 19.5 Å². The van der Waals surface area contributed by atoms with Crippen LogP contribution >= 0.6 is 0 Å². The number of anilines is 1. The lowest BCUT2D eigenvalue weighted by molar-refractivity contribution is -0.127. The number of amides is 3. The highest BCUT2D eigenvalue weighted by atomic mass is 16.2. The highest BCUT2D eigenvalue weighted by molar-refractivity contribution is 5.89. The molecular formula is C17H24N4O2. The SMILES string of the molecule is CCN1C[C@]2(CNCCN(C(=O)Nc3ccccc3)C2)CC1=O. The fourth-order valence-electron chi connectivity index (χ4n) is 3.50. The largest absolute Gasteiger partial charge is 0.342 e. The van der Waals surface area contributed by atoms with Gasteiger partial charge in [0.25, 0.3) is 0 Å². The Bertz CT molecular complexity index is 577. The molecule has 0 saturated carbocycles. The van der Waals surface area contributed by atoms with Gasteiger partial charge in [0, 0.05) is 56.8 Å². The van der Waals surface area contributed by atoms with Gasteiger partial charge in [0.2, 0.25) is 5.91 Å². The minimum atomic E-state index is -0.169. The Kier molecular flexibility index (Phi) is 4.52. The fraction of sp³-hybridized carbons (Fsp3) is 0.529. The maximum atomic E-state index is 12.6. The Balaban J connectivity index is 1.70. The van der Waals surface area contributed by atoms with Crippen LogP contribution < -0.4 is 10.6 Å². The van der Waals surface area contributed by atoms with Crippen LogP contribution in [0.3, 0.4) is 0 Å². The second-order valence-corrected chi connectivity index (χ2v) is 6.48. The molecule has 0 aliphatic carbocycles. The van der Waals surface area contributed by atoms with Gasteiger partial charge in [-0.3, -0.25) is 4.79 Å². The van der Waals surface area contributed by atoms with Crippen LogP contribution in [-0.4, -0.2) is 61.0 Å². The molecule has 6 heteroatoms. The highest BCUT2D eigenvalue weighted by Gasteiger charge is 2.45. The third kappa shape index (κ3) is 3.47. The number of carbonyl (C=O) groups is 2. The van der Waals surface area contributed by atoms with Gasteiger partial charge >= 0.3 is 6.03 Å².